The SMILES string of the molecule is CCCCC(O)CCCCCCCCCCCCC(=O)OC(C)CC. The number of aliphatic hydroxyl groups excluding tert-OH is 1. The van der Waals surface area contributed by atoms with Crippen molar-refractivity contribution >= 4 is 5.97 Å². The van der Waals surface area contributed by atoms with Crippen LogP contribution >= 0.6 is 0 Å². The molecule has 150 valence electrons. The summed E-state index contributed by atoms with van der Waals surface area (Å²) in [5, 5.41) is 9.78. The van der Waals surface area contributed by atoms with E-state index in [-0.39, 0.29) is 18.2 Å². The fourth-order valence-electron chi connectivity index (χ4n) is 3.01. The minimum absolute atomic E-state index is 0.0332. The van der Waals surface area contributed by atoms with Crippen LogP contribution in [0.4, 0.5) is 0 Å². The predicted octanol–water partition coefficient (Wildman–Crippen LogP) is 6.56. The highest BCUT2D eigenvalue weighted by molar-refractivity contribution is 5.69. The third-order valence-corrected chi connectivity index (χ3v) is 4.97. The fraction of sp³-hybridized carbons (Fsp3) is 0.955. The molecule has 2 unspecified atom stereocenters. The smallest absolute Gasteiger partial charge is 0.306 e. The molecule has 0 amide bonds. The molecule has 25 heavy (non-hydrogen) atoms. The summed E-state index contributed by atoms with van der Waals surface area (Å²) < 4.78 is 5.27. The molecular weight excluding hydrogens is 312 g/mol. The van der Waals surface area contributed by atoms with Crippen LogP contribution in [0.25, 0.3) is 0 Å². The van der Waals surface area contributed by atoms with Crippen LogP contribution in [0, 0.1) is 0 Å². The van der Waals surface area contributed by atoms with Crippen LogP contribution in [0.15, 0.2) is 0 Å². The van der Waals surface area contributed by atoms with E-state index in [1.807, 2.05) is 13.8 Å². The van der Waals surface area contributed by atoms with Gasteiger partial charge in [0.25, 0.3) is 0 Å². The van der Waals surface area contributed by atoms with Gasteiger partial charge in [-0.25, -0.2) is 0 Å². The number of unbranched alkanes of at least 4 members (excludes halogenated alkanes) is 10. The van der Waals surface area contributed by atoms with Gasteiger partial charge in [0.05, 0.1) is 12.2 Å². The quantitative estimate of drug-likeness (QED) is 0.223. The Labute approximate surface area is 156 Å². The number of rotatable bonds is 18. The Morgan fingerprint density at radius 2 is 1.28 bits per heavy atom. The van der Waals surface area contributed by atoms with Crippen LogP contribution in [0.2, 0.25) is 0 Å². The summed E-state index contributed by atoms with van der Waals surface area (Å²) in [7, 11) is 0. The second-order valence-corrected chi connectivity index (χ2v) is 7.58. The largest absolute Gasteiger partial charge is 0.463 e. The van der Waals surface area contributed by atoms with E-state index in [1.165, 1.54) is 57.8 Å². The van der Waals surface area contributed by atoms with Crippen molar-refractivity contribution in [1.82, 2.24) is 0 Å². The molecular formula is C22H44O3. The second kappa shape index (κ2) is 18.2. The molecule has 3 nitrogen and oxygen atoms in total. The maximum absolute atomic E-state index is 11.5. The third kappa shape index (κ3) is 18.0. The van der Waals surface area contributed by atoms with Gasteiger partial charge in [0.1, 0.15) is 0 Å². The molecule has 0 saturated carbocycles. The highest BCUT2D eigenvalue weighted by atomic mass is 16.5. The maximum Gasteiger partial charge on any atom is 0.306 e. The summed E-state index contributed by atoms with van der Waals surface area (Å²) in [5.41, 5.74) is 0. The molecule has 1 N–H and O–H groups in total. The first-order valence-corrected chi connectivity index (χ1v) is 11.0. The number of carbonyl (C=O) groups excluding carboxylic acids is 1. The Balaban J connectivity index is 3.20. The summed E-state index contributed by atoms with van der Waals surface area (Å²) >= 11 is 0. The zero-order valence-electron chi connectivity index (χ0n) is 17.2. The average Bonchev–Trinajstić information content (AvgIpc) is 2.60. The van der Waals surface area contributed by atoms with Gasteiger partial charge in [-0.15, -0.1) is 0 Å². The van der Waals surface area contributed by atoms with E-state index in [1.54, 1.807) is 0 Å². The zero-order valence-corrected chi connectivity index (χ0v) is 17.2. The van der Waals surface area contributed by atoms with E-state index in [9.17, 15) is 9.90 Å². The van der Waals surface area contributed by atoms with Crippen molar-refractivity contribution in [3.8, 4) is 0 Å². The number of hydrogen-bond acceptors (Lipinski definition) is 3. The highest BCUT2D eigenvalue weighted by Gasteiger charge is 2.06. The van der Waals surface area contributed by atoms with Crippen LogP contribution in [-0.2, 0) is 9.53 Å². The van der Waals surface area contributed by atoms with Crippen molar-refractivity contribution in [2.75, 3.05) is 0 Å². The predicted molar refractivity (Wildman–Crippen MR) is 107 cm³/mol. The molecule has 0 heterocycles. The monoisotopic (exact) mass is 356 g/mol. The standard InChI is InChI=1S/C22H44O3/c1-4-6-17-21(23)18-15-13-11-9-7-8-10-12-14-16-19-22(24)25-20(3)5-2/h20-21,23H,4-19H2,1-3H3. The number of ether oxygens (including phenoxy) is 1. The van der Waals surface area contributed by atoms with Gasteiger partial charge in [0.2, 0.25) is 0 Å². The van der Waals surface area contributed by atoms with Crippen LogP contribution in [0.1, 0.15) is 124 Å². The molecule has 0 saturated heterocycles. The molecule has 0 aromatic carbocycles. The lowest BCUT2D eigenvalue weighted by Crippen LogP contribution is -2.13. The van der Waals surface area contributed by atoms with Crippen LogP contribution < -0.4 is 0 Å². The van der Waals surface area contributed by atoms with E-state index >= 15 is 0 Å². The van der Waals surface area contributed by atoms with Gasteiger partial charge >= 0.3 is 5.97 Å². The molecule has 0 aliphatic heterocycles. The first kappa shape index (κ1) is 24.4. The molecule has 0 aliphatic rings. The van der Waals surface area contributed by atoms with E-state index in [0.29, 0.717) is 6.42 Å². The summed E-state index contributed by atoms with van der Waals surface area (Å²) in [4.78, 5) is 11.5. The minimum Gasteiger partial charge on any atom is -0.463 e. The normalized spacial score (nSPS) is 13.6. The number of hydrogen-bond donors (Lipinski definition) is 1. The van der Waals surface area contributed by atoms with Gasteiger partial charge < -0.3 is 9.84 Å². The molecule has 2 atom stereocenters. The van der Waals surface area contributed by atoms with Gasteiger partial charge in [-0.1, -0.05) is 84.5 Å². The average molecular weight is 357 g/mol. The lowest BCUT2D eigenvalue weighted by molar-refractivity contribution is -0.148. The van der Waals surface area contributed by atoms with Crippen molar-refractivity contribution in [3.63, 3.8) is 0 Å². The molecule has 0 radical (unpaired) electrons. The Morgan fingerprint density at radius 3 is 1.80 bits per heavy atom. The number of carbonyl (C=O) groups is 1. The van der Waals surface area contributed by atoms with Crippen molar-refractivity contribution in [2.24, 2.45) is 0 Å². The van der Waals surface area contributed by atoms with E-state index in [0.717, 1.165) is 38.5 Å². The van der Waals surface area contributed by atoms with Crippen molar-refractivity contribution in [2.45, 2.75) is 136 Å². The summed E-state index contributed by atoms with van der Waals surface area (Å²) in [5.74, 6) is -0.0332. The molecule has 0 spiro atoms. The fourth-order valence-corrected chi connectivity index (χ4v) is 3.01. The van der Waals surface area contributed by atoms with Gasteiger partial charge in [-0.2, -0.15) is 0 Å². The summed E-state index contributed by atoms with van der Waals surface area (Å²) in [6.07, 6.45) is 18.1. The molecule has 0 aromatic heterocycles. The zero-order chi connectivity index (χ0) is 18.8. The highest BCUT2D eigenvalue weighted by Crippen LogP contribution is 2.14. The maximum atomic E-state index is 11.5. The van der Waals surface area contributed by atoms with Gasteiger partial charge in [0.15, 0.2) is 0 Å². The van der Waals surface area contributed by atoms with Gasteiger partial charge in [0, 0.05) is 6.42 Å². The Kier molecular flexibility index (Phi) is 17.8. The molecule has 0 rings (SSSR count). The van der Waals surface area contributed by atoms with E-state index < -0.39 is 0 Å². The lowest BCUT2D eigenvalue weighted by Gasteiger charge is -2.10. The van der Waals surface area contributed by atoms with Crippen molar-refractivity contribution < 1.29 is 14.6 Å². The Bertz CT molecular complexity index is 291. The first-order chi connectivity index (χ1) is 12.1. The molecule has 0 aliphatic carbocycles. The van der Waals surface area contributed by atoms with Crippen molar-refractivity contribution in [3.05, 3.63) is 0 Å². The Hall–Kier alpha value is -0.570. The van der Waals surface area contributed by atoms with Gasteiger partial charge in [-0.3, -0.25) is 4.79 Å². The van der Waals surface area contributed by atoms with E-state index in [4.69, 9.17) is 4.74 Å². The van der Waals surface area contributed by atoms with Crippen LogP contribution in [0.3, 0.4) is 0 Å². The molecule has 0 aromatic rings. The molecule has 0 bridgehead atoms. The van der Waals surface area contributed by atoms with Crippen LogP contribution in [0.5, 0.6) is 0 Å². The van der Waals surface area contributed by atoms with Crippen molar-refractivity contribution in [1.29, 1.82) is 0 Å². The molecule has 0 fully saturated rings. The topological polar surface area (TPSA) is 46.5 Å². The second-order valence-electron chi connectivity index (χ2n) is 7.58. The Morgan fingerprint density at radius 1 is 0.800 bits per heavy atom. The summed E-state index contributed by atoms with van der Waals surface area (Å²) in [6, 6.07) is 0. The van der Waals surface area contributed by atoms with Crippen LogP contribution in [-0.4, -0.2) is 23.3 Å². The lowest BCUT2D eigenvalue weighted by atomic mass is 10.0. The molecule has 3 heteroatoms. The van der Waals surface area contributed by atoms with E-state index in [2.05, 4.69) is 6.92 Å². The summed E-state index contributed by atoms with van der Waals surface area (Å²) in [6.45, 7) is 6.16. The number of esters is 1. The first-order valence-electron chi connectivity index (χ1n) is 11.0. The third-order valence-electron chi connectivity index (χ3n) is 4.97. The van der Waals surface area contributed by atoms with Gasteiger partial charge in [-0.05, 0) is 32.6 Å². The number of aliphatic hydroxyl groups is 1. The minimum atomic E-state index is -0.0672.